The first-order valence-corrected chi connectivity index (χ1v) is 4.88. The topological polar surface area (TPSA) is 45.9 Å². The van der Waals surface area contributed by atoms with Crippen LogP contribution in [0.2, 0.25) is 0 Å². The van der Waals surface area contributed by atoms with E-state index in [-0.39, 0.29) is 0 Å². The fourth-order valence-corrected chi connectivity index (χ4v) is 1.64. The minimum atomic E-state index is 0.525. The largest absolute Gasteiger partial charge is 0.495 e. The molecule has 0 aliphatic heterocycles. The number of nitriles is 1. The SMILES string of the molecule is CCSc1nccc(OC)c1C#N. The first-order valence-electron chi connectivity index (χ1n) is 3.89. The molecule has 0 spiro atoms. The molecule has 0 radical (unpaired) electrons. The van der Waals surface area contributed by atoms with Gasteiger partial charge in [0.2, 0.25) is 0 Å². The van der Waals surface area contributed by atoms with Crippen LogP contribution in [0, 0.1) is 11.3 Å². The van der Waals surface area contributed by atoms with Gasteiger partial charge in [-0.1, -0.05) is 6.92 Å². The number of pyridine rings is 1. The summed E-state index contributed by atoms with van der Waals surface area (Å²) in [6, 6.07) is 3.78. The minimum Gasteiger partial charge on any atom is -0.495 e. The van der Waals surface area contributed by atoms with Gasteiger partial charge in [0.1, 0.15) is 22.4 Å². The zero-order valence-corrected chi connectivity index (χ0v) is 8.39. The molecule has 0 atom stereocenters. The van der Waals surface area contributed by atoms with Crippen LogP contribution in [0.4, 0.5) is 0 Å². The molecule has 1 rings (SSSR count). The molecular weight excluding hydrogens is 184 g/mol. The van der Waals surface area contributed by atoms with E-state index < -0.39 is 0 Å². The van der Waals surface area contributed by atoms with Crippen LogP contribution in [-0.4, -0.2) is 17.8 Å². The molecule has 0 amide bonds. The molecule has 3 nitrogen and oxygen atoms in total. The lowest BCUT2D eigenvalue weighted by Gasteiger charge is -2.05. The fraction of sp³-hybridized carbons (Fsp3) is 0.333. The Hall–Kier alpha value is -1.21. The Morgan fingerprint density at radius 3 is 3.00 bits per heavy atom. The van der Waals surface area contributed by atoms with Crippen molar-refractivity contribution in [3.8, 4) is 11.8 Å². The Morgan fingerprint density at radius 1 is 1.69 bits per heavy atom. The molecule has 1 aromatic rings. The Balaban J connectivity index is 3.13. The maximum Gasteiger partial charge on any atom is 0.140 e. The maximum absolute atomic E-state index is 8.87. The number of nitrogens with zero attached hydrogens (tertiary/aromatic N) is 2. The number of hydrogen-bond acceptors (Lipinski definition) is 4. The summed E-state index contributed by atoms with van der Waals surface area (Å²) in [4.78, 5) is 4.11. The van der Waals surface area contributed by atoms with Crippen molar-refractivity contribution in [2.24, 2.45) is 0 Å². The number of methoxy groups -OCH3 is 1. The van der Waals surface area contributed by atoms with Crippen molar-refractivity contribution in [1.29, 1.82) is 5.26 Å². The standard InChI is InChI=1S/C9H10N2OS/c1-3-13-9-7(6-10)8(12-2)4-5-11-9/h4-5H,3H2,1-2H3. The smallest absolute Gasteiger partial charge is 0.140 e. The molecule has 0 bridgehead atoms. The number of ether oxygens (including phenoxy) is 1. The van der Waals surface area contributed by atoms with Crippen LogP contribution in [0.3, 0.4) is 0 Å². The van der Waals surface area contributed by atoms with Gasteiger partial charge in [0.05, 0.1) is 7.11 Å². The van der Waals surface area contributed by atoms with Crippen molar-refractivity contribution in [3.05, 3.63) is 17.8 Å². The molecule has 0 fully saturated rings. The normalized spacial score (nSPS) is 9.31. The summed E-state index contributed by atoms with van der Waals surface area (Å²) in [5, 5.41) is 9.61. The van der Waals surface area contributed by atoms with E-state index in [1.807, 2.05) is 6.92 Å². The predicted octanol–water partition coefficient (Wildman–Crippen LogP) is 2.07. The highest BCUT2D eigenvalue weighted by molar-refractivity contribution is 7.99. The van der Waals surface area contributed by atoms with Gasteiger partial charge in [0.25, 0.3) is 0 Å². The summed E-state index contributed by atoms with van der Waals surface area (Å²) in [6.07, 6.45) is 1.65. The molecule has 0 saturated heterocycles. The molecule has 13 heavy (non-hydrogen) atoms. The third kappa shape index (κ3) is 2.13. The number of aromatic nitrogens is 1. The van der Waals surface area contributed by atoms with Gasteiger partial charge in [0.15, 0.2) is 0 Å². The molecule has 1 aromatic heterocycles. The first kappa shape index (κ1) is 9.87. The number of hydrogen-bond donors (Lipinski definition) is 0. The zero-order chi connectivity index (χ0) is 9.68. The van der Waals surface area contributed by atoms with Gasteiger partial charge in [-0.15, -0.1) is 11.8 Å². The molecule has 4 heteroatoms. The predicted molar refractivity (Wildman–Crippen MR) is 51.9 cm³/mol. The van der Waals surface area contributed by atoms with Crippen molar-refractivity contribution in [1.82, 2.24) is 4.98 Å². The van der Waals surface area contributed by atoms with Gasteiger partial charge in [0, 0.05) is 6.20 Å². The van der Waals surface area contributed by atoms with Gasteiger partial charge in [-0.2, -0.15) is 5.26 Å². The number of rotatable bonds is 3. The van der Waals surface area contributed by atoms with Crippen molar-refractivity contribution < 1.29 is 4.74 Å². The van der Waals surface area contributed by atoms with Gasteiger partial charge in [-0.3, -0.25) is 0 Å². The van der Waals surface area contributed by atoms with Crippen LogP contribution in [0.5, 0.6) is 5.75 Å². The third-order valence-corrected chi connectivity index (χ3v) is 2.36. The van der Waals surface area contributed by atoms with Crippen LogP contribution < -0.4 is 4.74 Å². The van der Waals surface area contributed by atoms with E-state index in [2.05, 4.69) is 11.1 Å². The Bertz CT molecular complexity index is 333. The second-order valence-electron chi connectivity index (χ2n) is 2.24. The van der Waals surface area contributed by atoms with Gasteiger partial charge in [-0.05, 0) is 11.8 Å². The zero-order valence-electron chi connectivity index (χ0n) is 7.57. The quantitative estimate of drug-likeness (QED) is 0.691. The van der Waals surface area contributed by atoms with Crippen LogP contribution in [0.25, 0.3) is 0 Å². The maximum atomic E-state index is 8.87. The molecule has 68 valence electrons. The van der Waals surface area contributed by atoms with E-state index in [9.17, 15) is 0 Å². The van der Waals surface area contributed by atoms with Crippen LogP contribution in [0.1, 0.15) is 12.5 Å². The van der Waals surface area contributed by atoms with Crippen molar-refractivity contribution in [2.45, 2.75) is 11.9 Å². The number of thioether (sulfide) groups is 1. The average molecular weight is 194 g/mol. The second-order valence-corrected chi connectivity index (χ2v) is 3.49. The van der Waals surface area contributed by atoms with Crippen LogP contribution in [0.15, 0.2) is 17.3 Å². The summed E-state index contributed by atoms with van der Waals surface area (Å²) in [6.45, 7) is 2.02. The van der Waals surface area contributed by atoms with Gasteiger partial charge in [-0.25, -0.2) is 4.98 Å². The highest BCUT2D eigenvalue weighted by Gasteiger charge is 2.08. The highest BCUT2D eigenvalue weighted by atomic mass is 32.2. The Labute approximate surface area is 81.7 Å². The lowest BCUT2D eigenvalue weighted by Crippen LogP contribution is -1.92. The molecule has 0 saturated carbocycles. The lowest BCUT2D eigenvalue weighted by molar-refractivity contribution is 0.411. The Morgan fingerprint density at radius 2 is 2.46 bits per heavy atom. The molecule has 0 aliphatic rings. The van der Waals surface area contributed by atoms with Crippen molar-refractivity contribution >= 4 is 11.8 Å². The monoisotopic (exact) mass is 194 g/mol. The van der Waals surface area contributed by atoms with E-state index in [4.69, 9.17) is 10.00 Å². The highest BCUT2D eigenvalue weighted by Crippen LogP contribution is 2.26. The average Bonchev–Trinajstić information content (AvgIpc) is 2.18. The van der Waals surface area contributed by atoms with Gasteiger partial charge >= 0.3 is 0 Å². The van der Waals surface area contributed by atoms with Gasteiger partial charge < -0.3 is 4.74 Å². The lowest BCUT2D eigenvalue weighted by atomic mass is 10.3. The minimum absolute atomic E-state index is 0.525. The fourth-order valence-electron chi connectivity index (χ4n) is 0.945. The van der Waals surface area contributed by atoms with Crippen LogP contribution in [-0.2, 0) is 0 Å². The van der Waals surface area contributed by atoms with Crippen LogP contribution >= 0.6 is 11.8 Å². The van der Waals surface area contributed by atoms with Crippen molar-refractivity contribution in [2.75, 3.05) is 12.9 Å². The molecule has 1 heterocycles. The van der Waals surface area contributed by atoms with E-state index in [0.29, 0.717) is 11.3 Å². The summed E-state index contributed by atoms with van der Waals surface area (Å²) in [7, 11) is 1.55. The van der Waals surface area contributed by atoms with E-state index >= 15 is 0 Å². The summed E-state index contributed by atoms with van der Waals surface area (Å²) < 4.78 is 5.05. The Kier molecular flexibility index (Phi) is 3.59. The molecule has 0 aliphatic carbocycles. The van der Waals surface area contributed by atoms with Crippen molar-refractivity contribution in [3.63, 3.8) is 0 Å². The molecular formula is C9H10N2OS. The summed E-state index contributed by atoms with van der Waals surface area (Å²) in [5.41, 5.74) is 0.525. The third-order valence-electron chi connectivity index (χ3n) is 1.49. The molecule has 0 N–H and O–H groups in total. The van der Waals surface area contributed by atoms with E-state index in [1.54, 1.807) is 31.1 Å². The molecule has 0 unspecified atom stereocenters. The summed E-state index contributed by atoms with van der Waals surface area (Å²) >= 11 is 1.54. The first-order chi connectivity index (χ1) is 6.33. The van der Waals surface area contributed by atoms with E-state index in [1.165, 1.54) is 0 Å². The summed E-state index contributed by atoms with van der Waals surface area (Å²) in [5.74, 6) is 1.49. The molecule has 0 aromatic carbocycles. The van der Waals surface area contributed by atoms with E-state index in [0.717, 1.165) is 10.8 Å². The second kappa shape index (κ2) is 4.73.